The summed E-state index contributed by atoms with van der Waals surface area (Å²) in [5.74, 6) is 0.287. The lowest BCUT2D eigenvalue weighted by atomic mass is 10.1. The van der Waals surface area contributed by atoms with Gasteiger partial charge in [0.25, 0.3) is 5.91 Å². The molecule has 9 heteroatoms. The van der Waals surface area contributed by atoms with E-state index < -0.39 is 15.9 Å². The molecule has 8 nitrogen and oxygen atoms in total. The highest BCUT2D eigenvalue weighted by atomic mass is 32.2. The number of methoxy groups -OCH3 is 1. The van der Waals surface area contributed by atoms with Gasteiger partial charge in [0.2, 0.25) is 10.0 Å². The lowest BCUT2D eigenvalue weighted by molar-refractivity contribution is 0.102. The Morgan fingerprint density at radius 2 is 1.77 bits per heavy atom. The first-order valence-electron chi connectivity index (χ1n) is 11.4. The van der Waals surface area contributed by atoms with Gasteiger partial charge in [-0.2, -0.15) is 4.31 Å². The fourth-order valence-electron chi connectivity index (χ4n) is 4.39. The summed E-state index contributed by atoms with van der Waals surface area (Å²) in [7, 11) is -2.36. The number of pyridine rings is 1. The molecule has 0 atom stereocenters. The molecule has 0 bridgehead atoms. The molecule has 1 aliphatic rings. The number of hydrogen-bond acceptors (Lipinski definition) is 5. The molecule has 5 rings (SSSR count). The van der Waals surface area contributed by atoms with Crippen molar-refractivity contribution in [2.45, 2.75) is 24.7 Å². The molecule has 0 saturated carbocycles. The first-order chi connectivity index (χ1) is 16.9. The van der Waals surface area contributed by atoms with Gasteiger partial charge in [-0.25, -0.2) is 13.4 Å². The van der Waals surface area contributed by atoms with Gasteiger partial charge < -0.3 is 10.1 Å². The average Bonchev–Trinajstić information content (AvgIpc) is 3.54. The number of amides is 1. The van der Waals surface area contributed by atoms with Crippen LogP contribution in [0.25, 0.3) is 16.9 Å². The summed E-state index contributed by atoms with van der Waals surface area (Å²) in [6.07, 6.45) is 3.48. The summed E-state index contributed by atoms with van der Waals surface area (Å²) >= 11 is 0. The van der Waals surface area contributed by atoms with Crippen molar-refractivity contribution in [2.75, 3.05) is 25.5 Å². The maximum absolute atomic E-state index is 13.4. The molecule has 1 fully saturated rings. The second-order valence-electron chi connectivity index (χ2n) is 8.49. The Bertz CT molecular complexity index is 1510. The molecule has 2 aromatic carbocycles. The lowest BCUT2D eigenvalue weighted by Crippen LogP contribution is -2.28. The van der Waals surface area contributed by atoms with Crippen LogP contribution in [0.15, 0.2) is 71.8 Å². The minimum absolute atomic E-state index is 0.00757. The molecule has 0 unspecified atom stereocenters. The van der Waals surface area contributed by atoms with Gasteiger partial charge in [-0.3, -0.25) is 9.20 Å². The Morgan fingerprint density at radius 3 is 2.49 bits per heavy atom. The third-order valence-electron chi connectivity index (χ3n) is 6.23. The van der Waals surface area contributed by atoms with Crippen LogP contribution >= 0.6 is 0 Å². The van der Waals surface area contributed by atoms with E-state index in [0.717, 1.165) is 29.6 Å². The maximum atomic E-state index is 13.4. The zero-order valence-electron chi connectivity index (χ0n) is 19.6. The fraction of sp³-hybridized carbons (Fsp3) is 0.231. The summed E-state index contributed by atoms with van der Waals surface area (Å²) in [4.78, 5) is 18.2. The smallest absolute Gasteiger partial charge is 0.256 e. The zero-order valence-corrected chi connectivity index (χ0v) is 20.4. The Balaban J connectivity index is 1.57. The molecule has 4 aromatic rings. The number of hydrogen-bond donors (Lipinski definition) is 1. The Labute approximate surface area is 204 Å². The van der Waals surface area contributed by atoms with E-state index in [1.807, 2.05) is 60.0 Å². The van der Waals surface area contributed by atoms with E-state index in [0.29, 0.717) is 24.6 Å². The van der Waals surface area contributed by atoms with Gasteiger partial charge in [0, 0.05) is 30.4 Å². The standard InChI is InChI=1S/C26H26N4O4S/c1-18-9-8-16-30-24(18)27-23(19-10-4-3-5-11-19)25(30)28-26(31)20-12-13-21(34-2)22(17-20)35(32,33)29-14-6-7-15-29/h3-5,8-13,16-17H,6-7,14-15H2,1-2H3,(H,28,31). The summed E-state index contributed by atoms with van der Waals surface area (Å²) in [5, 5.41) is 2.97. The third-order valence-corrected chi connectivity index (χ3v) is 8.15. The van der Waals surface area contributed by atoms with E-state index in [9.17, 15) is 13.2 Å². The molecule has 0 spiro atoms. The van der Waals surface area contributed by atoms with Crippen LogP contribution in [-0.2, 0) is 10.0 Å². The van der Waals surface area contributed by atoms with E-state index in [2.05, 4.69) is 5.32 Å². The number of benzene rings is 2. The first kappa shape index (κ1) is 23.1. The van der Waals surface area contributed by atoms with Crippen molar-refractivity contribution in [1.82, 2.24) is 13.7 Å². The number of aromatic nitrogens is 2. The molecule has 1 N–H and O–H groups in total. The van der Waals surface area contributed by atoms with E-state index in [-0.39, 0.29) is 16.2 Å². The minimum Gasteiger partial charge on any atom is -0.495 e. The van der Waals surface area contributed by atoms with Crippen molar-refractivity contribution in [3.05, 3.63) is 78.0 Å². The highest BCUT2D eigenvalue weighted by Gasteiger charge is 2.31. The first-order valence-corrected chi connectivity index (χ1v) is 12.9. The summed E-state index contributed by atoms with van der Waals surface area (Å²) in [6, 6.07) is 17.9. The number of anilines is 1. The normalized spacial score (nSPS) is 14.3. The Kier molecular flexibility index (Phi) is 6.04. The number of ether oxygens (including phenoxy) is 1. The molecular formula is C26H26N4O4S. The van der Waals surface area contributed by atoms with Gasteiger partial charge in [0.1, 0.15) is 27.8 Å². The number of imidazole rings is 1. The van der Waals surface area contributed by atoms with E-state index in [1.165, 1.54) is 23.5 Å². The number of carbonyl (C=O) groups excluding carboxylic acids is 1. The van der Waals surface area contributed by atoms with E-state index in [1.54, 1.807) is 6.07 Å². The number of aryl methyl sites for hydroxylation is 1. The van der Waals surface area contributed by atoms with Gasteiger partial charge in [-0.05, 0) is 49.6 Å². The van der Waals surface area contributed by atoms with Crippen LogP contribution in [0.3, 0.4) is 0 Å². The highest BCUT2D eigenvalue weighted by Crippen LogP contribution is 2.32. The topological polar surface area (TPSA) is 93.0 Å². The van der Waals surface area contributed by atoms with Crippen molar-refractivity contribution in [3.63, 3.8) is 0 Å². The predicted octanol–water partition coefficient (Wildman–Crippen LogP) is 4.36. The largest absolute Gasteiger partial charge is 0.495 e. The molecule has 180 valence electrons. The van der Waals surface area contributed by atoms with Crippen molar-refractivity contribution in [1.29, 1.82) is 0 Å². The van der Waals surface area contributed by atoms with Gasteiger partial charge in [-0.1, -0.05) is 36.4 Å². The van der Waals surface area contributed by atoms with Crippen LogP contribution in [0.2, 0.25) is 0 Å². The molecule has 0 aliphatic carbocycles. The molecule has 3 heterocycles. The van der Waals surface area contributed by atoms with Crippen molar-refractivity contribution >= 4 is 27.4 Å². The second kappa shape index (κ2) is 9.16. The fourth-order valence-corrected chi connectivity index (χ4v) is 6.09. The molecule has 1 amide bonds. The SMILES string of the molecule is COc1ccc(C(=O)Nc2c(-c3ccccc3)nc3c(C)cccn23)cc1S(=O)(=O)N1CCCC1. The number of sulfonamides is 1. The van der Waals surface area contributed by atoms with Gasteiger partial charge in [-0.15, -0.1) is 0 Å². The van der Waals surface area contributed by atoms with Crippen molar-refractivity contribution in [2.24, 2.45) is 0 Å². The van der Waals surface area contributed by atoms with Crippen LogP contribution < -0.4 is 10.1 Å². The molecule has 0 radical (unpaired) electrons. The van der Waals surface area contributed by atoms with Crippen LogP contribution in [0.4, 0.5) is 5.82 Å². The van der Waals surface area contributed by atoms with E-state index in [4.69, 9.17) is 9.72 Å². The third kappa shape index (κ3) is 4.17. The molecular weight excluding hydrogens is 464 g/mol. The molecule has 1 saturated heterocycles. The summed E-state index contributed by atoms with van der Waals surface area (Å²) < 4.78 is 35.1. The molecule has 2 aromatic heterocycles. The summed E-state index contributed by atoms with van der Waals surface area (Å²) in [5.41, 5.74) is 3.40. The van der Waals surface area contributed by atoms with E-state index >= 15 is 0 Å². The summed E-state index contributed by atoms with van der Waals surface area (Å²) in [6.45, 7) is 2.88. The van der Waals surface area contributed by atoms with Gasteiger partial charge >= 0.3 is 0 Å². The number of nitrogens with one attached hydrogen (secondary N) is 1. The lowest BCUT2D eigenvalue weighted by Gasteiger charge is -2.18. The van der Waals surface area contributed by atoms with Gasteiger partial charge in [0.15, 0.2) is 0 Å². The predicted molar refractivity (Wildman–Crippen MR) is 134 cm³/mol. The number of nitrogens with zero attached hydrogens (tertiary/aromatic N) is 3. The number of carbonyl (C=O) groups is 1. The Morgan fingerprint density at radius 1 is 1.03 bits per heavy atom. The average molecular weight is 491 g/mol. The zero-order chi connectivity index (χ0) is 24.6. The molecule has 1 aliphatic heterocycles. The van der Waals surface area contributed by atoms with Crippen LogP contribution in [0, 0.1) is 6.92 Å². The highest BCUT2D eigenvalue weighted by molar-refractivity contribution is 7.89. The Hall–Kier alpha value is -3.69. The molecule has 35 heavy (non-hydrogen) atoms. The maximum Gasteiger partial charge on any atom is 0.256 e. The quantitative estimate of drug-likeness (QED) is 0.434. The number of fused-ring (bicyclic) bond motifs is 1. The van der Waals surface area contributed by atoms with Crippen molar-refractivity contribution in [3.8, 4) is 17.0 Å². The van der Waals surface area contributed by atoms with Gasteiger partial charge in [0.05, 0.1) is 7.11 Å². The second-order valence-corrected chi connectivity index (χ2v) is 10.4. The van der Waals surface area contributed by atoms with Crippen LogP contribution in [-0.4, -0.2) is 48.2 Å². The monoisotopic (exact) mass is 490 g/mol. The van der Waals surface area contributed by atoms with Crippen LogP contribution in [0.1, 0.15) is 28.8 Å². The van der Waals surface area contributed by atoms with Crippen molar-refractivity contribution < 1.29 is 17.9 Å². The number of rotatable bonds is 6. The van der Waals surface area contributed by atoms with Crippen LogP contribution in [0.5, 0.6) is 5.75 Å². The minimum atomic E-state index is -3.78.